The van der Waals surface area contributed by atoms with Gasteiger partial charge < -0.3 is 5.32 Å². The number of nitrogens with one attached hydrogen (secondary N) is 1. The van der Waals surface area contributed by atoms with Crippen LogP contribution in [0.15, 0.2) is 42.5 Å². The van der Waals surface area contributed by atoms with Crippen molar-refractivity contribution in [2.45, 2.75) is 6.42 Å². The van der Waals surface area contributed by atoms with Gasteiger partial charge in [0.05, 0.1) is 11.6 Å². The van der Waals surface area contributed by atoms with Crippen molar-refractivity contribution in [1.82, 2.24) is 15.0 Å². The van der Waals surface area contributed by atoms with E-state index < -0.39 is 6.08 Å². The Hall–Kier alpha value is -2.75. The minimum absolute atomic E-state index is 0.0513. The number of anilines is 2. The van der Waals surface area contributed by atoms with Crippen molar-refractivity contribution in [1.29, 1.82) is 5.26 Å². The molecule has 0 fully saturated rings. The Morgan fingerprint density at radius 2 is 1.68 bits per heavy atom. The maximum absolute atomic E-state index is 13.7. The van der Waals surface area contributed by atoms with Crippen LogP contribution in [0.3, 0.4) is 0 Å². The summed E-state index contributed by atoms with van der Waals surface area (Å²) in [6.07, 6.45) is -0.746. The van der Waals surface area contributed by atoms with E-state index in [-0.39, 0.29) is 18.2 Å². The highest BCUT2D eigenvalue weighted by atomic mass is 35.5. The van der Waals surface area contributed by atoms with Crippen molar-refractivity contribution < 1.29 is 4.39 Å². The molecule has 5 nitrogen and oxygen atoms in total. The summed E-state index contributed by atoms with van der Waals surface area (Å²) in [5.74, 6) is 0.244. The van der Waals surface area contributed by atoms with Gasteiger partial charge in [-0.05, 0) is 42.0 Å². The molecule has 0 amide bonds. The van der Waals surface area contributed by atoms with Crippen LogP contribution in [0.5, 0.6) is 0 Å². The first-order valence-electron chi connectivity index (χ1n) is 7.15. The summed E-state index contributed by atoms with van der Waals surface area (Å²) >= 11 is 12.3. The average molecular weight is 374 g/mol. The van der Waals surface area contributed by atoms with E-state index in [1.165, 1.54) is 0 Å². The van der Waals surface area contributed by atoms with Crippen LogP contribution in [-0.4, -0.2) is 15.0 Å². The third kappa shape index (κ3) is 4.21. The van der Waals surface area contributed by atoms with Crippen LogP contribution in [0.25, 0.3) is 0 Å². The molecule has 0 aliphatic carbocycles. The van der Waals surface area contributed by atoms with Gasteiger partial charge in [-0.15, -0.1) is 0 Å². The monoisotopic (exact) mass is 373 g/mol. The van der Waals surface area contributed by atoms with Gasteiger partial charge in [-0.1, -0.05) is 29.3 Å². The van der Waals surface area contributed by atoms with E-state index >= 15 is 0 Å². The number of benzene rings is 2. The lowest BCUT2D eigenvalue weighted by molar-refractivity contribution is 0.527. The lowest BCUT2D eigenvalue weighted by Crippen LogP contribution is -2.07. The lowest BCUT2D eigenvalue weighted by atomic mass is 10.1. The maximum atomic E-state index is 13.7. The Balaban J connectivity index is 1.86. The summed E-state index contributed by atoms with van der Waals surface area (Å²) in [4.78, 5) is 11.5. The standard InChI is InChI=1S/C17H10Cl2FN5/c18-13-2-1-3-14(19)12(13)8-15-23-16(20)25-17(24-15)22-11-6-4-10(9-21)5-7-11/h1-7H,8H2,(H,22,23,24,25). The van der Waals surface area contributed by atoms with E-state index in [0.717, 1.165) is 0 Å². The Bertz CT molecular complexity index is 934. The molecular formula is C17H10Cl2FN5. The molecule has 3 rings (SSSR count). The van der Waals surface area contributed by atoms with Gasteiger partial charge in [0.25, 0.3) is 0 Å². The fraction of sp³-hybridized carbons (Fsp3) is 0.0588. The number of rotatable bonds is 4. The second-order valence-corrected chi connectivity index (χ2v) is 5.85. The summed E-state index contributed by atoms with van der Waals surface area (Å²) < 4.78 is 13.7. The number of nitriles is 1. The highest BCUT2D eigenvalue weighted by Gasteiger charge is 2.12. The van der Waals surface area contributed by atoms with Gasteiger partial charge in [0.1, 0.15) is 5.82 Å². The molecule has 3 aromatic rings. The van der Waals surface area contributed by atoms with E-state index in [4.69, 9.17) is 28.5 Å². The largest absolute Gasteiger partial charge is 0.324 e. The highest BCUT2D eigenvalue weighted by molar-refractivity contribution is 6.36. The highest BCUT2D eigenvalue weighted by Crippen LogP contribution is 2.26. The predicted octanol–water partition coefficient (Wildman–Crippen LogP) is 4.52. The van der Waals surface area contributed by atoms with Crippen molar-refractivity contribution in [3.63, 3.8) is 0 Å². The minimum atomic E-state index is -0.913. The van der Waals surface area contributed by atoms with Crippen LogP contribution < -0.4 is 5.32 Å². The van der Waals surface area contributed by atoms with E-state index in [2.05, 4.69) is 20.3 Å². The van der Waals surface area contributed by atoms with Crippen molar-refractivity contribution in [3.05, 3.63) is 75.5 Å². The first-order chi connectivity index (χ1) is 12.0. The number of halogens is 3. The molecule has 1 N–H and O–H groups in total. The quantitative estimate of drug-likeness (QED) is 0.727. The van der Waals surface area contributed by atoms with Crippen LogP contribution >= 0.6 is 23.2 Å². The van der Waals surface area contributed by atoms with Gasteiger partial charge in [0.15, 0.2) is 0 Å². The molecule has 0 aliphatic heterocycles. The first kappa shape index (κ1) is 17.1. The molecule has 0 radical (unpaired) electrons. The molecule has 25 heavy (non-hydrogen) atoms. The number of hydrogen-bond donors (Lipinski definition) is 1. The van der Waals surface area contributed by atoms with Crippen molar-refractivity contribution in [2.24, 2.45) is 0 Å². The Morgan fingerprint density at radius 1 is 1.00 bits per heavy atom. The minimum Gasteiger partial charge on any atom is -0.324 e. The van der Waals surface area contributed by atoms with Gasteiger partial charge in [0, 0.05) is 22.2 Å². The van der Waals surface area contributed by atoms with Crippen molar-refractivity contribution in [2.75, 3.05) is 5.32 Å². The van der Waals surface area contributed by atoms with E-state index in [9.17, 15) is 4.39 Å². The van der Waals surface area contributed by atoms with E-state index in [1.807, 2.05) is 6.07 Å². The maximum Gasteiger partial charge on any atom is 0.313 e. The third-order valence-corrected chi connectivity index (χ3v) is 4.03. The molecule has 0 bridgehead atoms. The van der Waals surface area contributed by atoms with Gasteiger partial charge >= 0.3 is 6.08 Å². The first-order valence-corrected chi connectivity index (χ1v) is 7.91. The molecule has 0 unspecified atom stereocenters. The zero-order valence-corrected chi connectivity index (χ0v) is 14.2. The summed E-state index contributed by atoms with van der Waals surface area (Å²) in [6.45, 7) is 0. The molecule has 0 saturated heterocycles. The molecule has 124 valence electrons. The number of aromatic nitrogens is 3. The van der Waals surface area contributed by atoms with Gasteiger partial charge in [-0.25, -0.2) is 0 Å². The van der Waals surface area contributed by atoms with E-state index in [0.29, 0.717) is 26.9 Å². The number of hydrogen-bond acceptors (Lipinski definition) is 5. The molecule has 0 atom stereocenters. The molecule has 8 heteroatoms. The summed E-state index contributed by atoms with van der Waals surface area (Å²) in [7, 11) is 0. The van der Waals surface area contributed by atoms with Crippen molar-refractivity contribution >= 4 is 34.8 Å². The van der Waals surface area contributed by atoms with E-state index in [1.54, 1.807) is 42.5 Å². The fourth-order valence-corrected chi connectivity index (χ4v) is 2.67. The SMILES string of the molecule is N#Cc1ccc(Nc2nc(F)nc(Cc3c(Cl)cccc3Cl)n2)cc1. The lowest BCUT2D eigenvalue weighted by Gasteiger charge is -2.08. The van der Waals surface area contributed by atoms with Gasteiger partial charge in [0.2, 0.25) is 5.95 Å². The summed E-state index contributed by atoms with van der Waals surface area (Å²) in [5.41, 5.74) is 1.74. The zero-order chi connectivity index (χ0) is 17.8. The molecule has 2 aromatic carbocycles. The smallest absolute Gasteiger partial charge is 0.313 e. The third-order valence-electron chi connectivity index (χ3n) is 3.32. The second-order valence-electron chi connectivity index (χ2n) is 5.04. The molecule has 0 aliphatic rings. The Morgan fingerprint density at radius 3 is 2.32 bits per heavy atom. The normalized spacial score (nSPS) is 10.3. The Labute approximate surface area is 153 Å². The summed E-state index contributed by atoms with van der Waals surface area (Å²) in [6, 6.07) is 13.7. The zero-order valence-electron chi connectivity index (χ0n) is 12.7. The Kier molecular flexibility index (Phi) is 5.08. The van der Waals surface area contributed by atoms with Gasteiger partial charge in [-0.3, -0.25) is 0 Å². The van der Waals surface area contributed by atoms with Gasteiger partial charge in [-0.2, -0.15) is 24.6 Å². The van der Waals surface area contributed by atoms with Crippen LogP contribution in [0.1, 0.15) is 17.0 Å². The average Bonchev–Trinajstić information content (AvgIpc) is 2.58. The molecular weight excluding hydrogens is 364 g/mol. The number of nitrogens with zero attached hydrogens (tertiary/aromatic N) is 4. The topological polar surface area (TPSA) is 74.5 Å². The van der Waals surface area contributed by atoms with Crippen LogP contribution in [-0.2, 0) is 6.42 Å². The molecule has 0 saturated carbocycles. The van der Waals surface area contributed by atoms with Crippen LogP contribution in [0, 0.1) is 17.4 Å². The predicted molar refractivity (Wildman–Crippen MR) is 93.5 cm³/mol. The summed E-state index contributed by atoms with van der Waals surface area (Å²) in [5, 5.41) is 12.6. The molecule has 0 spiro atoms. The van der Waals surface area contributed by atoms with Crippen LogP contribution in [0.2, 0.25) is 10.0 Å². The van der Waals surface area contributed by atoms with Crippen LogP contribution in [0.4, 0.5) is 16.0 Å². The van der Waals surface area contributed by atoms with Crippen molar-refractivity contribution in [3.8, 4) is 6.07 Å². The second kappa shape index (κ2) is 7.43. The fourth-order valence-electron chi connectivity index (χ4n) is 2.14. The molecule has 1 heterocycles. The molecule has 1 aromatic heterocycles.